The first kappa shape index (κ1) is 18.7. The fraction of sp³-hybridized carbons (Fsp3) is 0.0870. The molecule has 0 fully saturated rings. The molecular formula is C23H18N4O4. The Morgan fingerprint density at radius 2 is 1.48 bits per heavy atom. The summed E-state index contributed by atoms with van der Waals surface area (Å²) in [6.45, 7) is 2.01. The molecule has 8 nitrogen and oxygen atoms in total. The van der Waals surface area contributed by atoms with E-state index in [4.69, 9.17) is 14.2 Å². The van der Waals surface area contributed by atoms with E-state index < -0.39 is 5.97 Å². The lowest BCUT2D eigenvalue weighted by Crippen LogP contribution is -2.06. The number of fused-ring (bicyclic) bond motifs is 2. The highest BCUT2D eigenvalue weighted by molar-refractivity contribution is 5.93. The van der Waals surface area contributed by atoms with Gasteiger partial charge in [-0.25, -0.2) is 14.8 Å². The van der Waals surface area contributed by atoms with Gasteiger partial charge in [0.1, 0.15) is 39.9 Å². The van der Waals surface area contributed by atoms with Gasteiger partial charge in [-0.1, -0.05) is 0 Å². The monoisotopic (exact) mass is 414 g/mol. The maximum atomic E-state index is 12.4. The minimum Gasteiger partial charge on any atom is -0.462 e. The number of carbonyl (C=O) groups is 1. The second-order valence-electron chi connectivity index (χ2n) is 6.76. The molecule has 0 aliphatic heterocycles. The van der Waals surface area contributed by atoms with Crippen LogP contribution in [0.1, 0.15) is 17.3 Å². The number of carbonyl (C=O) groups excluding carboxylic acids is 1. The summed E-state index contributed by atoms with van der Waals surface area (Å²) in [6, 6.07) is 12.5. The van der Waals surface area contributed by atoms with Crippen LogP contribution in [0.15, 0.2) is 67.3 Å². The summed E-state index contributed by atoms with van der Waals surface area (Å²) < 4.78 is 17.1. The molecule has 0 bridgehead atoms. The van der Waals surface area contributed by atoms with Gasteiger partial charge >= 0.3 is 5.97 Å². The van der Waals surface area contributed by atoms with Gasteiger partial charge in [0.25, 0.3) is 0 Å². The normalized spacial score (nSPS) is 11.0. The van der Waals surface area contributed by atoms with Crippen LogP contribution in [-0.4, -0.2) is 32.5 Å². The van der Waals surface area contributed by atoms with Crippen LogP contribution in [0.5, 0.6) is 23.0 Å². The standard InChI is InChI=1S/C23H18N4O4/c1-2-29-23(28)19-4-3-16(30-17-9-14-5-7-24-21(14)26-12-17)11-20(19)31-18-10-15-6-8-25-22(15)27-13-18/h3-13H,2H2,1H3,(H,24,26)(H,25,27). The third-order valence-electron chi connectivity index (χ3n) is 4.66. The van der Waals surface area contributed by atoms with Gasteiger partial charge in [-0.3, -0.25) is 0 Å². The van der Waals surface area contributed by atoms with Crippen LogP contribution in [-0.2, 0) is 4.74 Å². The molecule has 5 aromatic rings. The lowest BCUT2D eigenvalue weighted by atomic mass is 10.2. The van der Waals surface area contributed by atoms with E-state index in [9.17, 15) is 4.79 Å². The highest BCUT2D eigenvalue weighted by Crippen LogP contribution is 2.33. The van der Waals surface area contributed by atoms with Crippen molar-refractivity contribution >= 4 is 28.0 Å². The van der Waals surface area contributed by atoms with E-state index in [2.05, 4.69) is 19.9 Å². The second kappa shape index (κ2) is 7.83. The van der Waals surface area contributed by atoms with E-state index in [0.29, 0.717) is 28.6 Å². The van der Waals surface area contributed by atoms with Gasteiger partial charge in [-0.2, -0.15) is 0 Å². The van der Waals surface area contributed by atoms with Crippen LogP contribution >= 0.6 is 0 Å². The molecule has 4 aromatic heterocycles. The Bertz CT molecular complexity index is 1390. The number of hydrogen-bond donors (Lipinski definition) is 2. The topological polar surface area (TPSA) is 102 Å². The average molecular weight is 414 g/mol. The maximum Gasteiger partial charge on any atom is 0.341 e. The summed E-state index contributed by atoms with van der Waals surface area (Å²) in [5.41, 5.74) is 1.83. The number of aromatic nitrogens is 4. The average Bonchev–Trinajstić information content (AvgIpc) is 3.42. The van der Waals surface area contributed by atoms with Crippen molar-refractivity contribution in [2.24, 2.45) is 0 Å². The van der Waals surface area contributed by atoms with Crippen LogP contribution in [0.2, 0.25) is 0 Å². The molecule has 5 rings (SSSR count). The number of benzene rings is 1. The molecule has 0 unspecified atom stereocenters. The molecular weight excluding hydrogens is 396 g/mol. The van der Waals surface area contributed by atoms with E-state index >= 15 is 0 Å². The Kier molecular flexibility index (Phi) is 4.72. The van der Waals surface area contributed by atoms with Gasteiger partial charge in [0.2, 0.25) is 0 Å². The molecule has 1 aromatic carbocycles. The number of H-pyrrole nitrogens is 2. The van der Waals surface area contributed by atoms with E-state index in [-0.39, 0.29) is 6.61 Å². The molecule has 0 amide bonds. The molecule has 8 heteroatoms. The number of rotatable bonds is 6. The molecule has 154 valence electrons. The van der Waals surface area contributed by atoms with Crippen LogP contribution in [0, 0.1) is 0 Å². The van der Waals surface area contributed by atoms with Crippen molar-refractivity contribution in [1.29, 1.82) is 0 Å². The Balaban J connectivity index is 1.48. The Morgan fingerprint density at radius 1 is 0.839 bits per heavy atom. The Labute approximate surface area is 176 Å². The summed E-state index contributed by atoms with van der Waals surface area (Å²) in [7, 11) is 0. The highest BCUT2D eigenvalue weighted by atomic mass is 16.5. The van der Waals surface area contributed by atoms with Crippen molar-refractivity contribution in [3.63, 3.8) is 0 Å². The zero-order valence-corrected chi connectivity index (χ0v) is 16.6. The predicted octanol–water partition coefficient (Wildman–Crippen LogP) is 5.20. The summed E-state index contributed by atoms with van der Waals surface area (Å²) in [4.78, 5) is 27.2. The van der Waals surface area contributed by atoms with Gasteiger partial charge in [0, 0.05) is 29.2 Å². The molecule has 4 heterocycles. The van der Waals surface area contributed by atoms with Crippen molar-refractivity contribution < 1.29 is 19.0 Å². The molecule has 0 saturated heterocycles. The highest BCUT2D eigenvalue weighted by Gasteiger charge is 2.17. The van der Waals surface area contributed by atoms with Crippen LogP contribution in [0.4, 0.5) is 0 Å². The van der Waals surface area contributed by atoms with Gasteiger partial charge in [-0.05, 0) is 43.3 Å². The Morgan fingerprint density at radius 3 is 2.13 bits per heavy atom. The summed E-state index contributed by atoms with van der Waals surface area (Å²) in [5.74, 6) is 1.39. The minimum atomic E-state index is -0.477. The van der Waals surface area contributed by atoms with E-state index in [1.165, 1.54) is 0 Å². The first-order valence-corrected chi connectivity index (χ1v) is 9.73. The van der Waals surface area contributed by atoms with Gasteiger partial charge < -0.3 is 24.2 Å². The number of nitrogens with one attached hydrogen (secondary N) is 2. The lowest BCUT2D eigenvalue weighted by Gasteiger charge is -2.13. The molecule has 0 spiro atoms. The zero-order valence-electron chi connectivity index (χ0n) is 16.6. The predicted molar refractivity (Wildman–Crippen MR) is 115 cm³/mol. The largest absolute Gasteiger partial charge is 0.462 e. The third kappa shape index (κ3) is 3.78. The van der Waals surface area contributed by atoms with E-state index in [0.717, 1.165) is 22.1 Å². The summed E-state index contributed by atoms with van der Waals surface area (Å²) >= 11 is 0. The number of nitrogens with zero attached hydrogens (tertiary/aromatic N) is 2. The SMILES string of the molecule is CCOC(=O)c1ccc(Oc2cnc3[nH]ccc3c2)cc1Oc1cnc2[nH]ccc2c1. The van der Waals surface area contributed by atoms with Crippen molar-refractivity contribution in [1.82, 2.24) is 19.9 Å². The number of esters is 1. The fourth-order valence-corrected chi connectivity index (χ4v) is 3.24. The van der Waals surface area contributed by atoms with Crippen molar-refractivity contribution in [3.8, 4) is 23.0 Å². The molecule has 0 saturated carbocycles. The summed E-state index contributed by atoms with van der Waals surface area (Å²) in [6.07, 6.45) is 6.83. The molecule has 0 aliphatic carbocycles. The smallest absolute Gasteiger partial charge is 0.341 e. The van der Waals surface area contributed by atoms with Crippen LogP contribution in [0.3, 0.4) is 0 Å². The van der Waals surface area contributed by atoms with Crippen LogP contribution in [0.25, 0.3) is 22.1 Å². The first-order chi connectivity index (χ1) is 15.2. The van der Waals surface area contributed by atoms with Gasteiger partial charge in [-0.15, -0.1) is 0 Å². The second-order valence-corrected chi connectivity index (χ2v) is 6.76. The minimum absolute atomic E-state index is 0.260. The zero-order chi connectivity index (χ0) is 21.2. The number of aromatic amines is 2. The summed E-state index contributed by atoms with van der Waals surface area (Å²) in [5, 5.41) is 1.83. The fourth-order valence-electron chi connectivity index (χ4n) is 3.24. The number of pyridine rings is 2. The molecule has 2 N–H and O–H groups in total. The van der Waals surface area contributed by atoms with E-state index in [1.54, 1.807) is 43.7 Å². The van der Waals surface area contributed by atoms with Crippen molar-refractivity contribution in [3.05, 3.63) is 72.8 Å². The maximum absolute atomic E-state index is 12.4. The lowest BCUT2D eigenvalue weighted by molar-refractivity contribution is 0.0523. The molecule has 0 atom stereocenters. The number of hydrogen-bond acceptors (Lipinski definition) is 6. The third-order valence-corrected chi connectivity index (χ3v) is 4.66. The van der Waals surface area contributed by atoms with Gasteiger partial charge in [0.15, 0.2) is 0 Å². The van der Waals surface area contributed by atoms with E-state index in [1.807, 2.05) is 30.5 Å². The van der Waals surface area contributed by atoms with Gasteiger partial charge in [0.05, 0.1) is 19.0 Å². The molecule has 0 aliphatic rings. The first-order valence-electron chi connectivity index (χ1n) is 9.73. The molecule has 31 heavy (non-hydrogen) atoms. The van der Waals surface area contributed by atoms with Crippen molar-refractivity contribution in [2.45, 2.75) is 6.92 Å². The quantitative estimate of drug-likeness (QED) is 0.370. The Hall–Kier alpha value is -4.33. The van der Waals surface area contributed by atoms with Crippen molar-refractivity contribution in [2.75, 3.05) is 6.61 Å². The number of ether oxygens (including phenoxy) is 3. The molecule has 0 radical (unpaired) electrons. The van der Waals surface area contributed by atoms with Crippen LogP contribution < -0.4 is 9.47 Å².